The van der Waals surface area contributed by atoms with E-state index >= 15 is 0 Å². The molecular weight excluding hydrogens is 459 g/mol. The summed E-state index contributed by atoms with van der Waals surface area (Å²) in [5, 5.41) is 11.7. The van der Waals surface area contributed by atoms with Crippen LogP contribution < -0.4 is 9.64 Å². The summed E-state index contributed by atoms with van der Waals surface area (Å²) in [7, 11) is 0. The van der Waals surface area contributed by atoms with Crippen LogP contribution in [0.4, 0.5) is 5.69 Å². The molecule has 164 valence electrons. The summed E-state index contributed by atoms with van der Waals surface area (Å²) in [5.74, 6) is 0.669. The number of amides is 1. The minimum atomic E-state index is -0.329. The average Bonchev–Trinajstić information content (AvgIpc) is 3.43. The summed E-state index contributed by atoms with van der Waals surface area (Å²) in [6.07, 6.45) is 2.25. The van der Waals surface area contributed by atoms with Gasteiger partial charge in [0.15, 0.2) is 0 Å². The molecule has 0 aromatic heterocycles. The second-order valence-corrected chi connectivity index (χ2v) is 9.72. The maximum atomic E-state index is 12.1. The Balaban J connectivity index is 1.46. The van der Waals surface area contributed by atoms with Crippen LogP contribution in [0.15, 0.2) is 30.3 Å². The molecule has 2 aromatic carbocycles. The summed E-state index contributed by atoms with van der Waals surface area (Å²) in [6.45, 7) is 2.12. The Morgan fingerprint density at radius 2 is 1.90 bits per heavy atom. The van der Waals surface area contributed by atoms with Crippen LogP contribution in [-0.4, -0.2) is 47.7 Å². The number of hydrogen-bond donors (Lipinski definition) is 1. The molecule has 3 aliphatic rings. The lowest BCUT2D eigenvalue weighted by molar-refractivity contribution is -0.117. The summed E-state index contributed by atoms with van der Waals surface area (Å²) < 4.78 is 6.47. The molecule has 1 unspecified atom stereocenters. The van der Waals surface area contributed by atoms with E-state index in [1.807, 2.05) is 18.2 Å². The highest BCUT2D eigenvalue weighted by Gasteiger charge is 2.42. The van der Waals surface area contributed by atoms with Gasteiger partial charge in [0.2, 0.25) is 5.91 Å². The first kappa shape index (κ1) is 21.4. The van der Waals surface area contributed by atoms with Crippen LogP contribution in [0.3, 0.4) is 0 Å². The second-order valence-electron chi connectivity index (χ2n) is 8.47. The zero-order chi connectivity index (χ0) is 21.7. The second kappa shape index (κ2) is 8.45. The molecule has 0 spiro atoms. The number of carbonyl (C=O) groups excluding carboxylic acids is 1. The largest absolute Gasteiger partial charge is 0.482 e. The van der Waals surface area contributed by atoms with Gasteiger partial charge in [0.05, 0.1) is 17.2 Å². The molecule has 2 fully saturated rings. The molecule has 1 aliphatic carbocycles. The van der Waals surface area contributed by atoms with E-state index in [0.717, 1.165) is 42.6 Å². The molecule has 2 aromatic rings. The molecule has 1 amide bonds. The Labute approximate surface area is 196 Å². The fourth-order valence-corrected chi connectivity index (χ4v) is 5.76. The quantitative estimate of drug-likeness (QED) is 0.676. The van der Waals surface area contributed by atoms with Gasteiger partial charge in [-0.2, -0.15) is 0 Å². The number of hydrogen-bond acceptors (Lipinski definition) is 4. The van der Waals surface area contributed by atoms with Crippen molar-refractivity contribution in [3.63, 3.8) is 0 Å². The van der Waals surface area contributed by atoms with Crippen molar-refractivity contribution >= 4 is 46.4 Å². The van der Waals surface area contributed by atoms with E-state index in [-0.39, 0.29) is 24.2 Å². The number of ether oxygens (including phenoxy) is 1. The van der Waals surface area contributed by atoms with Crippen molar-refractivity contribution in [3.05, 3.63) is 56.5 Å². The van der Waals surface area contributed by atoms with E-state index in [0.29, 0.717) is 40.3 Å². The van der Waals surface area contributed by atoms with E-state index < -0.39 is 0 Å². The van der Waals surface area contributed by atoms with Crippen LogP contribution in [0, 0.1) is 0 Å². The highest BCUT2D eigenvalue weighted by atomic mass is 35.5. The molecule has 2 heterocycles. The maximum Gasteiger partial charge on any atom is 0.227 e. The third kappa shape index (κ3) is 4.03. The van der Waals surface area contributed by atoms with Crippen LogP contribution in [0.2, 0.25) is 15.1 Å². The Hall–Kier alpha value is -1.50. The first-order chi connectivity index (χ1) is 14.9. The number of nitrogens with zero attached hydrogens (tertiary/aromatic N) is 2. The van der Waals surface area contributed by atoms with Gasteiger partial charge in [-0.05, 0) is 55.2 Å². The topological polar surface area (TPSA) is 53.0 Å². The van der Waals surface area contributed by atoms with Gasteiger partial charge in [-0.1, -0.05) is 34.8 Å². The number of aliphatic hydroxyl groups excluding tert-OH is 1. The lowest BCUT2D eigenvalue weighted by Gasteiger charge is -2.30. The van der Waals surface area contributed by atoms with Gasteiger partial charge < -0.3 is 14.7 Å². The number of aliphatic hydroxyl groups is 1. The van der Waals surface area contributed by atoms with Crippen molar-refractivity contribution in [2.75, 3.05) is 24.5 Å². The summed E-state index contributed by atoms with van der Waals surface area (Å²) in [4.78, 5) is 16.1. The molecule has 0 bridgehead atoms. The van der Waals surface area contributed by atoms with E-state index in [9.17, 15) is 9.90 Å². The third-order valence-corrected chi connectivity index (χ3v) is 7.33. The Morgan fingerprint density at radius 3 is 2.58 bits per heavy atom. The van der Waals surface area contributed by atoms with Gasteiger partial charge in [0.25, 0.3) is 0 Å². The normalized spacial score (nSPS) is 26.0. The molecule has 2 saturated heterocycles. The Kier molecular flexibility index (Phi) is 5.82. The third-order valence-electron chi connectivity index (χ3n) is 6.48. The van der Waals surface area contributed by atoms with Gasteiger partial charge >= 0.3 is 0 Å². The smallest absolute Gasteiger partial charge is 0.227 e. The van der Waals surface area contributed by atoms with Crippen molar-refractivity contribution in [1.29, 1.82) is 0 Å². The highest BCUT2D eigenvalue weighted by molar-refractivity contribution is 6.35. The van der Waals surface area contributed by atoms with Gasteiger partial charge in [-0.15, -0.1) is 0 Å². The number of likely N-dealkylation sites (tertiary alicyclic amines) is 1. The van der Waals surface area contributed by atoms with Crippen molar-refractivity contribution < 1.29 is 14.6 Å². The van der Waals surface area contributed by atoms with Crippen LogP contribution in [0.1, 0.15) is 36.5 Å². The zero-order valence-electron chi connectivity index (χ0n) is 16.9. The van der Waals surface area contributed by atoms with Gasteiger partial charge in [0, 0.05) is 47.4 Å². The molecule has 5 rings (SSSR count). The average molecular weight is 482 g/mol. The minimum Gasteiger partial charge on any atom is -0.482 e. The monoisotopic (exact) mass is 480 g/mol. The molecule has 2 aliphatic heterocycles. The Morgan fingerprint density at radius 1 is 1.06 bits per heavy atom. The number of rotatable bonds is 4. The van der Waals surface area contributed by atoms with Crippen molar-refractivity contribution in [2.24, 2.45) is 0 Å². The number of β-amino-alcohol motifs (C(OH)–C–C–N with tert-alkyl or cyclic N) is 1. The highest BCUT2D eigenvalue weighted by Crippen LogP contribution is 2.44. The number of anilines is 1. The fraction of sp³-hybridized carbons (Fsp3) is 0.435. The summed E-state index contributed by atoms with van der Waals surface area (Å²) in [6, 6.07) is 9.18. The van der Waals surface area contributed by atoms with Gasteiger partial charge in [0.1, 0.15) is 11.9 Å². The first-order valence-electron chi connectivity index (χ1n) is 10.6. The summed E-state index contributed by atoms with van der Waals surface area (Å²) >= 11 is 19.4. The molecule has 0 saturated carbocycles. The van der Waals surface area contributed by atoms with Crippen LogP contribution in [0.25, 0.3) is 0 Å². The van der Waals surface area contributed by atoms with E-state index in [2.05, 4.69) is 4.90 Å². The summed E-state index contributed by atoms with van der Waals surface area (Å²) in [5.41, 5.74) is 2.77. The standard InChI is InChI=1S/C23H23Cl3N2O3/c24-13-8-17-16(18(25)9-13)11-20(27-7-5-15(29)12-27)23(17)31-21-4-3-14(10-19(21)26)28-6-1-2-22(28)30/h3-4,8-10,15,20,23,29H,1-2,5-7,11-12H2/t15?,20-,23-/m0/s1. The first-order valence-corrected chi connectivity index (χ1v) is 11.7. The number of fused-ring (bicyclic) bond motifs is 1. The van der Waals surface area contributed by atoms with Crippen LogP contribution in [-0.2, 0) is 11.2 Å². The van der Waals surface area contributed by atoms with Crippen molar-refractivity contribution in [2.45, 2.75) is 43.9 Å². The number of carbonyl (C=O) groups is 1. The van der Waals surface area contributed by atoms with Gasteiger partial charge in [-0.3, -0.25) is 9.69 Å². The molecule has 0 radical (unpaired) electrons. The number of halogens is 3. The van der Waals surface area contributed by atoms with Crippen molar-refractivity contribution in [1.82, 2.24) is 4.90 Å². The van der Waals surface area contributed by atoms with Crippen molar-refractivity contribution in [3.8, 4) is 5.75 Å². The molecular formula is C23H23Cl3N2O3. The molecule has 31 heavy (non-hydrogen) atoms. The molecule has 1 N–H and O–H groups in total. The lowest BCUT2D eigenvalue weighted by atomic mass is 10.1. The van der Waals surface area contributed by atoms with Crippen LogP contribution >= 0.6 is 34.8 Å². The van der Waals surface area contributed by atoms with Gasteiger partial charge in [-0.25, -0.2) is 0 Å². The minimum absolute atomic E-state index is 0.0269. The lowest BCUT2D eigenvalue weighted by Crippen LogP contribution is -2.39. The predicted octanol–water partition coefficient (Wildman–Crippen LogP) is 4.89. The number of benzene rings is 2. The Bertz CT molecular complexity index is 1030. The van der Waals surface area contributed by atoms with E-state index in [4.69, 9.17) is 39.5 Å². The van der Waals surface area contributed by atoms with Crippen LogP contribution in [0.5, 0.6) is 5.75 Å². The van der Waals surface area contributed by atoms with E-state index in [1.54, 1.807) is 17.0 Å². The van der Waals surface area contributed by atoms with E-state index in [1.165, 1.54) is 0 Å². The maximum absolute atomic E-state index is 12.1. The molecule has 8 heteroatoms. The fourth-order valence-electron chi connectivity index (χ4n) is 4.96. The molecule has 5 nitrogen and oxygen atoms in total. The molecule has 3 atom stereocenters. The SMILES string of the molecule is O=C1CCCN1c1ccc(O[C@H]2c3cc(Cl)cc(Cl)c3C[C@@H]2N2CCC(O)C2)c(Cl)c1. The predicted molar refractivity (Wildman–Crippen MR) is 123 cm³/mol. The zero-order valence-corrected chi connectivity index (χ0v) is 19.1.